The number of rotatable bonds is 1. The number of carbonyl (C=O) groups is 1. The number of H-pyrrole nitrogens is 1. The van der Waals surface area contributed by atoms with E-state index in [0.29, 0.717) is 6.54 Å². The standard InChI is InChI=1S/C22H23FN2O2/c1-22(2,3)27-21(26)25-13-12-18-19(16-6-4-5-7-17(16)24-18)20(25)14-8-10-15(23)11-9-14/h4-11,20,24H,12-13H2,1-3H3/t20-/m0/s1. The fraction of sp³-hybridized carbons (Fsp3) is 0.318. The zero-order valence-corrected chi connectivity index (χ0v) is 15.8. The fourth-order valence-electron chi connectivity index (χ4n) is 3.76. The van der Waals surface area contributed by atoms with Crippen LogP contribution in [-0.4, -0.2) is 28.1 Å². The molecule has 0 saturated heterocycles. The van der Waals surface area contributed by atoms with Crippen LogP contribution in [0.15, 0.2) is 48.5 Å². The second-order valence-electron chi connectivity index (χ2n) is 7.94. The van der Waals surface area contributed by atoms with E-state index in [2.05, 4.69) is 11.1 Å². The van der Waals surface area contributed by atoms with Gasteiger partial charge in [-0.3, -0.25) is 4.90 Å². The number of aromatic amines is 1. The van der Waals surface area contributed by atoms with Crippen LogP contribution in [0.2, 0.25) is 0 Å². The maximum Gasteiger partial charge on any atom is 0.411 e. The summed E-state index contributed by atoms with van der Waals surface area (Å²) >= 11 is 0. The molecule has 27 heavy (non-hydrogen) atoms. The van der Waals surface area contributed by atoms with Gasteiger partial charge in [0.2, 0.25) is 0 Å². The molecule has 4 rings (SSSR count). The number of halogens is 1. The fourth-order valence-corrected chi connectivity index (χ4v) is 3.76. The van der Waals surface area contributed by atoms with E-state index >= 15 is 0 Å². The highest BCUT2D eigenvalue weighted by Crippen LogP contribution is 2.40. The lowest BCUT2D eigenvalue weighted by atomic mass is 9.90. The Morgan fingerprint density at radius 1 is 1.15 bits per heavy atom. The lowest BCUT2D eigenvalue weighted by molar-refractivity contribution is 0.0179. The topological polar surface area (TPSA) is 45.3 Å². The van der Waals surface area contributed by atoms with Crippen LogP contribution in [0.4, 0.5) is 9.18 Å². The van der Waals surface area contributed by atoms with Crippen molar-refractivity contribution in [3.8, 4) is 0 Å². The molecule has 0 radical (unpaired) electrons. The average molecular weight is 366 g/mol. The smallest absolute Gasteiger partial charge is 0.411 e. The van der Waals surface area contributed by atoms with Gasteiger partial charge in [0.15, 0.2) is 0 Å². The second kappa shape index (κ2) is 6.41. The number of para-hydroxylation sites is 1. The quantitative estimate of drug-likeness (QED) is 0.644. The lowest BCUT2D eigenvalue weighted by Gasteiger charge is -2.37. The van der Waals surface area contributed by atoms with Gasteiger partial charge in [0.25, 0.3) is 0 Å². The molecule has 2 aromatic carbocycles. The molecule has 0 aliphatic carbocycles. The molecule has 0 fully saturated rings. The summed E-state index contributed by atoms with van der Waals surface area (Å²) in [5, 5.41) is 1.08. The Labute approximate surface area is 157 Å². The summed E-state index contributed by atoms with van der Waals surface area (Å²) in [4.78, 5) is 18.2. The van der Waals surface area contributed by atoms with Crippen LogP contribution in [0.25, 0.3) is 10.9 Å². The van der Waals surface area contributed by atoms with E-state index < -0.39 is 5.60 Å². The van der Waals surface area contributed by atoms with Crippen molar-refractivity contribution in [3.05, 3.63) is 71.2 Å². The Hall–Kier alpha value is -2.82. The first kappa shape index (κ1) is 17.6. The van der Waals surface area contributed by atoms with Gasteiger partial charge in [-0.2, -0.15) is 0 Å². The van der Waals surface area contributed by atoms with Crippen LogP contribution in [-0.2, 0) is 11.2 Å². The maximum atomic E-state index is 13.5. The first-order valence-corrected chi connectivity index (χ1v) is 9.18. The van der Waals surface area contributed by atoms with Crippen LogP contribution in [0.5, 0.6) is 0 Å². The predicted molar refractivity (Wildman–Crippen MR) is 103 cm³/mol. The van der Waals surface area contributed by atoms with E-state index in [4.69, 9.17) is 4.74 Å². The number of fused-ring (bicyclic) bond motifs is 3. The van der Waals surface area contributed by atoms with Gasteiger partial charge in [-0.15, -0.1) is 0 Å². The van der Waals surface area contributed by atoms with E-state index in [1.807, 2.05) is 39.0 Å². The predicted octanol–water partition coefficient (Wildman–Crippen LogP) is 5.19. The Morgan fingerprint density at radius 3 is 2.56 bits per heavy atom. The zero-order valence-electron chi connectivity index (χ0n) is 15.8. The van der Waals surface area contributed by atoms with Gasteiger partial charge in [-0.25, -0.2) is 9.18 Å². The Balaban J connectivity index is 1.86. The molecule has 1 aromatic heterocycles. The highest BCUT2D eigenvalue weighted by atomic mass is 19.1. The van der Waals surface area contributed by atoms with Crippen LogP contribution in [0.3, 0.4) is 0 Å². The van der Waals surface area contributed by atoms with Crippen molar-refractivity contribution in [2.45, 2.75) is 38.8 Å². The number of hydrogen-bond acceptors (Lipinski definition) is 2. The molecule has 1 aliphatic rings. The van der Waals surface area contributed by atoms with Crippen molar-refractivity contribution in [1.82, 2.24) is 9.88 Å². The third-order valence-electron chi connectivity index (χ3n) is 4.83. The van der Waals surface area contributed by atoms with E-state index in [1.165, 1.54) is 12.1 Å². The Morgan fingerprint density at radius 2 is 1.85 bits per heavy atom. The molecule has 0 saturated carbocycles. The van der Waals surface area contributed by atoms with Crippen LogP contribution in [0.1, 0.15) is 43.6 Å². The molecule has 3 aromatic rings. The van der Waals surface area contributed by atoms with E-state index in [0.717, 1.165) is 34.1 Å². The number of amides is 1. The van der Waals surface area contributed by atoms with Gasteiger partial charge < -0.3 is 9.72 Å². The number of hydrogen-bond donors (Lipinski definition) is 1. The Bertz CT molecular complexity index is 986. The molecule has 5 heteroatoms. The first-order chi connectivity index (χ1) is 12.8. The monoisotopic (exact) mass is 366 g/mol. The number of nitrogens with one attached hydrogen (secondary N) is 1. The number of benzene rings is 2. The summed E-state index contributed by atoms with van der Waals surface area (Å²) in [6, 6.07) is 14.1. The van der Waals surface area contributed by atoms with Crippen LogP contribution >= 0.6 is 0 Å². The highest BCUT2D eigenvalue weighted by molar-refractivity contribution is 5.87. The largest absolute Gasteiger partial charge is 0.444 e. The number of aromatic nitrogens is 1. The molecule has 1 N–H and O–H groups in total. The highest BCUT2D eigenvalue weighted by Gasteiger charge is 2.36. The molecule has 0 bridgehead atoms. The van der Waals surface area contributed by atoms with Gasteiger partial charge in [0, 0.05) is 35.1 Å². The van der Waals surface area contributed by atoms with Gasteiger partial charge in [0.05, 0.1) is 6.04 Å². The third-order valence-corrected chi connectivity index (χ3v) is 4.83. The molecular weight excluding hydrogens is 343 g/mol. The summed E-state index contributed by atoms with van der Waals surface area (Å²) in [5.41, 5.74) is 3.51. The molecular formula is C22H23FN2O2. The number of carbonyl (C=O) groups excluding carboxylic acids is 1. The van der Waals surface area contributed by atoms with Gasteiger partial charge in [-0.05, 0) is 44.5 Å². The van der Waals surface area contributed by atoms with E-state index in [-0.39, 0.29) is 18.0 Å². The molecule has 0 spiro atoms. The first-order valence-electron chi connectivity index (χ1n) is 9.18. The summed E-state index contributed by atoms with van der Waals surface area (Å²) in [5.74, 6) is -0.294. The Kier molecular flexibility index (Phi) is 4.17. The minimum Gasteiger partial charge on any atom is -0.444 e. The zero-order chi connectivity index (χ0) is 19.2. The summed E-state index contributed by atoms with van der Waals surface area (Å²) in [6.07, 6.45) is 0.369. The lowest BCUT2D eigenvalue weighted by Crippen LogP contribution is -2.43. The van der Waals surface area contributed by atoms with Gasteiger partial charge in [0.1, 0.15) is 11.4 Å². The van der Waals surface area contributed by atoms with Gasteiger partial charge in [-0.1, -0.05) is 30.3 Å². The van der Waals surface area contributed by atoms with E-state index in [9.17, 15) is 9.18 Å². The molecule has 2 heterocycles. The van der Waals surface area contributed by atoms with Gasteiger partial charge >= 0.3 is 6.09 Å². The molecule has 1 atom stereocenters. The minimum absolute atomic E-state index is 0.294. The molecule has 140 valence electrons. The van der Waals surface area contributed by atoms with Crippen molar-refractivity contribution in [1.29, 1.82) is 0 Å². The summed E-state index contributed by atoms with van der Waals surface area (Å²) in [6.45, 7) is 6.12. The van der Waals surface area contributed by atoms with Crippen molar-refractivity contribution in [3.63, 3.8) is 0 Å². The molecule has 1 amide bonds. The van der Waals surface area contributed by atoms with Crippen LogP contribution in [0, 0.1) is 5.82 Å². The summed E-state index contributed by atoms with van der Waals surface area (Å²) in [7, 11) is 0. The van der Waals surface area contributed by atoms with Crippen molar-refractivity contribution < 1.29 is 13.9 Å². The van der Waals surface area contributed by atoms with Crippen LogP contribution < -0.4 is 0 Å². The molecule has 0 unspecified atom stereocenters. The second-order valence-corrected chi connectivity index (χ2v) is 7.94. The normalized spacial score (nSPS) is 17.0. The molecule has 1 aliphatic heterocycles. The molecule has 4 nitrogen and oxygen atoms in total. The maximum absolute atomic E-state index is 13.5. The minimum atomic E-state index is -0.578. The number of ether oxygens (including phenoxy) is 1. The average Bonchev–Trinajstić information content (AvgIpc) is 2.99. The van der Waals surface area contributed by atoms with E-state index in [1.54, 1.807) is 17.0 Å². The van der Waals surface area contributed by atoms with Crippen molar-refractivity contribution in [2.24, 2.45) is 0 Å². The SMILES string of the molecule is CC(C)(C)OC(=O)N1CCc2[nH]c3ccccc3c2[C@@H]1c1ccc(F)cc1. The third kappa shape index (κ3) is 3.29. The number of nitrogens with zero attached hydrogens (tertiary/aromatic N) is 1. The van der Waals surface area contributed by atoms with Crippen molar-refractivity contribution in [2.75, 3.05) is 6.54 Å². The summed E-state index contributed by atoms with van der Waals surface area (Å²) < 4.78 is 19.2. The van der Waals surface area contributed by atoms with Crippen molar-refractivity contribution >= 4 is 17.0 Å².